The van der Waals surface area contributed by atoms with Crippen LogP contribution in [0.2, 0.25) is 0 Å². The molecule has 2 aliphatic carbocycles. The lowest BCUT2D eigenvalue weighted by Crippen LogP contribution is -2.44. The van der Waals surface area contributed by atoms with Gasteiger partial charge in [-0.2, -0.15) is 0 Å². The van der Waals surface area contributed by atoms with Gasteiger partial charge in [-0.05, 0) is 222 Å². The Kier molecular flexibility index (Phi) is 16.6. The molecule has 6 rings (SSSR count). The summed E-state index contributed by atoms with van der Waals surface area (Å²) in [5.41, 5.74) is 1.04. The quantitative estimate of drug-likeness (QED) is 0.0802. The van der Waals surface area contributed by atoms with E-state index in [2.05, 4.69) is 62.4 Å². The van der Waals surface area contributed by atoms with Crippen LogP contribution in [0, 0.1) is 17.3 Å². The molecule has 4 aromatic rings. The summed E-state index contributed by atoms with van der Waals surface area (Å²) in [5.74, 6) is 2.51. The van der Waals surface area contributed by atoms with Crippen LogP contribution < -0.4 is 18.9 Å². The molecule has 0 heterocycles. The van der Waals surface area contributed by atoms with Crippen LogP contribution in [0.4, 0.5) is 19.2 Å². The maximum Gasteiger partial charge on any atom is 0.514 e. The SMILES string of the molecule is CCC(C)(C1CCC(c2ccc(OC(=O)OC(C)(C)C)cc2)(c2ccc(OC(=O)OC(C)(C)C)cc2)CC1)C1CCC(c2ccc(OC(=O)OC(C)(C)C)cc2)(c2ccc(OC(=O)OC(C)(C)C)cc2)CC1. The Morgan fingerprint density at radius 1 is 0.375 bits per heavy atom. The summed E-state index contributed by atoms with van der Waals surface area (Å²) in [4.78, 5) is 50.3. The highest BCUT2D eigenvalue weighted by molar-refractivity contribution is 5.66. The first kappa shape index (κ1) is 55.3. The molecule has 0 N–H and O–H groups in total. The molecule has 0 unspecified atom stereocenters. The Bertz CT molecular complexity index is 2140. The van der Waals surface area contributed by atoms with Gasteiger partial charge in [0, 0.05) is 10.8 Å². The van der Waals surface area contributed by atoms with Gasteiger partial charge in [-0.3, -0.25) is 0 Å². The van der Waals surface area contributed by atoms with Crippen LogP contribution in [-0.4, -0.2) is 47.0 Å². The molecule has 390 valence electrons. The van der Waals surface area contributed by atoms with Gasteiger partial charge in [0.25, 0.3) is 0 Å². The Morgan fingerprint density at radius 2 is 0.569 bits per heavy atom. The van der Waals surface area contributed by atoms with Crippen molar-refractivity contribution >= 4 is 24.6 Å². The molecule has 0 amide bonds. The average Bonchev–Trinajstić information content (AvgIpc) is 3.27. The van der Waals surface area contributed by atoms with Gasteiger partial charge < -0.3 is 37.9 Å². The summed E-state index contributed by atoms with van der Waals surface area (Å²) in [6.45, 7) is 26.4. The second kappa shape index (κ2) is 21.6. The highest BCUT2D eigenvalue weighted by Crippen LogP contribution is 2.58. The zero-order chi connectivity index (χ0) is 52.9. The first-order valence-electron chi connectivity index (χ1n) is 25.6. The summed E-state index contributed by atoms with van der Waals surface area (Å²) in [5, 5.41) is 0. The molecule has 0 bridgehead atoms. The molecule has 2 aliphatic rings. The molecule has 12 nitrogen and oxygen atoms in total. The van der Waals surface area contributed by atoms with Crippen LogP contribution in [-0.2, 0) is 29.8 Å². The van der Waals surface area contributed by atoms with Crippen molar-refractivity contribution in [3.63, 3.8) is 0 Å². The third-order valence-corrected chi connectivity index (χ3v) is 14.3. The van der Waals surface area contributed by atoms with Gasteiger partial charge in [-0.25, -0.2) is 19.2 Å². The van der Waals surface area contributed by atoms with Crippen LogP contribution in [0.5, 0.6) is 23.0 Å². The van der Waals surface area contributed by atoms with Crippen molar-refractivity contribution < 1.29 is 57.1 Å². The first-order valence-corrected chi connectivity index (χ1v) is 25.6. The van der Waals surface area contributed by atoms with E-state index in [0.717, 1.165) is 80.0 Å². The predicted octanol–water partition coefficient (Wildman–Crippen LogP) is 16.0. The maximum absolute atomic E-state index is 12.6. The van der Waals surface area contributed by atoms with Crippen molar-refractivity contribution in [3.8, 4) is 23.0 Å². The summed E-state index contributed by atoms with van der Waals surface area (Å²) < 4.78 is 44.0. The summed E-state index contributed by atoms with van der Waals surface area (Å²) in [7, 11) is 0. The molecule has 4 aromatic carbocycles. The molecular formula is C60H78O12. The second-order valence-corrected chi connectivity index (χ2v) is 23.9. The lowest BCUT2D eigenvalue weighted by molar-refractivity contribution is 0.0169. The molecule has 0 aromatic heterocycles. The van der Waals surface area contributed by atoms with E-state index in [1.165, 1.54) is 0 Å². The van der Waals surface area contributed by atoms with Gasteiger partial charge >= 0.3 is 24.6 Å². The number of ether oxygens (including phenoxy) is 8. The molecule has 0 aliphatic heterocycles. The third-order valence-electron chi connectivity index (χ3n) is 14.3. The van der Waals surface area contributed by atoms with Crippen molar-refractivity contribution in [2.45, 2.75) is 188 Å². The first-order chi connectivity index (χ1) is 33.5. The number of hydrogen-bond acceptors (Lipinski definition) is 12. The van der Waals surface area contributed by atoms with E-state index in [1.54, 1.807) is 83.1 Å². The number of hydrogen-bond donors (Lipinski definition) is 0. The minimum absolute atomic E-state index is 0.0464. The molecule has 0 atom stereocenters. The molecule has 0 saturated heterocycles. The van der Waals surface area contributed by atoms with Crippen LogP contribution in [0.15, 0.2) is 97.1 Å². The summed E-state index contributed by atoms with van der Waals surface area (Å²) >= 11 is 0. The van der Waals surface area contributed by atoms with Gasteiger partial charge in [0.2, 0.25) is 0 Å². The van der Waals surface area contributed by atoms with Crippen molar-refractivity contribution in [2.75, 3.05) is 0 Å². The smallest absolute Gasteiger partial charge is 0.428 e. The van der Waals surface area contributed by atoms with Crippen LogP contribution in [0.1, 0.15) is 177 Å². The zero-order valence-corrected chi connectivity index (χ0v) is 45.2. The lowest BCUT2D eigenvalue weighted by atomic mass is 9.52. The molecule has 12 heteroatoms. The van der Waals surface area contributed by atoms with E-state index < -0.39 is 47.0 Å². The minimum Gasteiger partial charge on any atom is -0.428 e. The predicted molar refractivity (Wildman–Crippen MR) is 277 cm³/mol. The van der Waals surface area contributed by atoms with E-state index in [1.807, 2.05) is 48.5 Å². The lowest BCUT2D eigenvalue weighted by Gasteiger charge is -2.53. The Labute approximate surface area is 427 Å². The van der Waals surface area contributed by atoms with E-state index in [4.69, 9.17) is 37.9 Å². The summed E-state index contributed by atoms with van der Waals surface area (Å²) in [6.07, 6.45) is 5.55. The molecule has 0 radical (unpaired) electrons. The molecule has 0 spiro atoms. The Morgan fingerprint density at radius 3 is 0.736 bits per heavy atom. The highest BCUT2D eigenvalue weighted by Gasteiger charge is 2.49. The highest BCUT2D eigenvalue weighted by atomic mass is 16.7. The topological polar surface area (TPSA) is 142 Å². The maximum atomic E-state index is 12.6. The molecule has 2 fully saturated rings. The fraction of sp³-hybridized carbons (Fsp3) is 0.533. The average molecular weight is 991 g/mol. The van der Waals surface area contributed by atoms with Crippen LogP contribution >= 0.6 is 0 Å². The number of rotatable bonds is 11. The van der Waals surface area contributed by atoms with Crippen LogP contribution in [0.3, 0.4) is 0 Å². The summed E-state index contributed by atoms with van der Waals surface area (Å²) in [6, 6.07) is 31.1. The third kappa shape index (κ3) is 14.3. The van der Waals surface area contributed by atoms with E-state index >= 15 is 0 Å². The molecule has 2 saturated carbocycles. The standard InChI is InChI=1S/C60H78O12/c1-15-58(14,40-32-36-59(37-33-40,42-16-24-46(25-17-42)65-50(61)69-54(2,3)4)43-18-26-47(27-19-43)66-51(62)70-55(5,6)7)41-34-38-60(39-35-41,44-20-28-48(29-21-44)67-52(63)71-56(8,9)10)45-22-30-49(31-23-45)68-53(64)72-57(11,12)13/h16-31,40-41H,15,32-39H2,1-14H3. The van der Waals surface area contributed by atoms with Crippen molar-refractivity contribution in [1.82, 2.24) is 0 Å². The fourth-order valence-electron chi connectivity index (χ4n) is 10.8. The number of carbonyl (C=O) groups is 4. The van der Waals surface area contributed by atoms with Gasteiger partial charge in [0.05, 0.1) is 0 Å². The van der Waals surface area contributed by atoms with E-state index in [0.29, 0.717) is 34.8 Å². The van der Waals surface area contributed by atoms with Gasteiger partial charge in [-0.15, -0.1) is 0 Å². The van der Waals surface area contributed by atoms with E-state index in [9.17, 15) is 19.2 Å². The Hall–Kier alpha value is -6.04. The number of carbonyl (C=O) groups excluding carboxylic acids is 4. The van der Waals surface area contributed by atoms with E-state index in [-0.39, 0.29) is 16.2 Å². The fourth-order valence-corrected chi connectivity index (χ4v) is 10.8. The largest absolute Gasteiger partial charge is 0.514 e. The molecule has 72 heavy (non-hydrogen) atoms. The molecular weight excluding hydrogens is 913 g/mol. The van der Waals surface area contributed by atoms with Gasteiger partial charge in [0.1, 0.15) is 45.4 Å². The second-order valence-electron chi connectivity index (χ2n) is 23.9. The zero-order valence-electron chi connectivity index (χ0n) is 45.2. The minimum atomic E-state index is -0.754. The normalized spacial score (nSPS) is 16.7. The monoisotopic (exact) mass is 991 g/mol. The van der Waals surface area contributed by atoms with Gasteiger partial charge in [0.15, 0.2) is 0 Å². The van der Waals surface area contributed by atoms with Crippen molar-refractivity contribution in [1.29, 1.82) is 0 Å². The van der Waals surface area contributed by atoms with Crippen molar-refractivity contribution in [3.05, 3.63) is 119 Å². The van der Waals surface area contributed by atoms with Crippen molar-refractivity contribution in [2.24, 2.45) is 17.3 Å². The van der Waals surface area contributed by atoms with Gasteiger partial charge in [-0.1, -0.05) is 68.8 Å². The Balaban J connectivity index is 1.25. The number of benzene rings is 4. The van der Waals surface area contributed by atoms with Crippen LogP contribution in [0.25, 0.3) is 0 Å².